The van der Waals surface area contributed by atoms with Gasteiger partial charge < -0.3 is 5.21 Å². The molecule has 2 nitrogen and oxygen atoms in total. The molecule has 4 aromatic rings. The number of benzene rings is 4. The molecule has 0 saturated carbocycles. The van der Waals surface area contributed by atoms with Gasteiger partial charge in [-0.1, -0.05) is 59.7 Å². The Hall–Kier alpha value is -2.94. The smallest absolute Gasteiger partial charge is 0.0874 e. The Morgan fingerprint density at radius 3 is 1.21 bits per heavy atom. The van der Waals surface area contributed by atoms with Crippen LogP contribution in [0.2, 0.25) is 0 Å². The summed E-state index contributed by atoms with van der Waals surface area (Å²) in [6, 6.07) is 17.4. The standard InChI is InChI=1S/C32H35NO/c1-17-13-21(5)26(22(6)14-17)31-28-19(3)9-11-25-12-10-20(4)29(30(25)28)32(33(31)34)27-23(7)15-18(2)16-24(27)8/h9-16,31-32,34H,1-8H3/t31-,32-/m0/s1. The topological polar surface area (TPSA) is 23.5 Å². The molecule has 0 spiro atoms. The lowest BCUT2D eigenvalue weighted by molar-refractivity contribution is -0.145. The van der Waals surface area contributed by atoms with E-state index >= 15 is 0 Å². The molecule has 0 bridgehead atoms. The molecular weight excluding hydrogens is 414 g/mol. The Kier molecular flexibility index (Phi) is 5.42. The SMILES string of the molecule is Cc1cc(C)c([C@H]2c3c(C)ccc4ccc(C)c(c34)[C@H](c3c(C)cc(C)cc3C)N2O)c(C)c1. The van der Waals surface area contributed by atoms with Crippen molar-refractivity contribution >= 4 is 10.8 Å². The quantitative estimate of drug-likeness (QED) is 0.333. The first-order chi connectivity index (χ1) is 16.1. The summed E-state index contributed by atoms with van der Waals surface area (Å²) < 4.78 is 0. The van der Waals surface area contributed by atoms with Gasteiger partial charge in [0.05, 0.1) is 12.1 Å². The molecule has 0 aromatic heterocycles. The second-order valence-electron chi connectivity index (χ2n) is 10.5. The third kappa shape index (κ3) is 3.32. The second kappa shape index (κ2) is 8.08. The monoisotopic (exact) mass is 449 g/mol. The molecule has 4 aromatic carbocycles. The first-order valence-electron chi connectivity index (χ1n) is 12.3. The normalized spacial score (nSPS) is 18.0. The van der Waals surface area contributed by atoms with Crippen molar-refractivity contribution in [2.75, 3.05) is 0 Å². The number of rotatable bonds is 2. The van der Waals surface area contributed by atoms with Gasteiger partial charge in [0.1, 0.15) is 0 Å². The first-order valence-corrected chi connectivity index (χ1v) is 12.3. The van der Waals surface area contributed by atoms with Crippen LogP contribution in [0.1, 0.15) is 78.8 Å². The van der Waals surface area contributed by atoms with Gasteiger partial charge in [0, 0.05) is 0 Å². The predicted molar refractivity (Wildman–Crippen MR) is 142 cm³/mol. The van der Waals surface area contributed by atoms with Gasteiger partial charge in [-0.2, -0.15) is 5.06 Å². The van der Waals surface area contributed by atoms with Crippen molar-refractivity contribution in [3.8, 4) is 0 Å². The van der Waals surface area contributed by atoms with Crippen LogP contribution in [0.25, 0.3) is 10.8 Å². The molecule has 34 heavy (non-hydrogen) atoms. The van der Waals surface area contributed by atoms with Crippen LogP contribution in [0, 0.1) is 55.4 Å². The van der Waals surface area contributed by atoms with Crippen molar-refractivity contribution < 1.29 is 5.21 Å². The van der Waals surface area contributed by atoms with E-state index in [4.69, 9.17) is 0 Å². The maximum Gasteiger partial charge on any atom is 0.0874 e. The lowest BCUT2D eigenvalue weighted by atomic mass is 9.75. The molecule has 0 fully saturated rings. The molecule has 0 aliphatic carbocycles. The highest BCUT2D eigenvalue weighted by Gasteiger charge is 2.41. The third-order valence-corrected chi connectivity index (χ3v) is 7.80. The first kappa shape index (κ1) is 22.8. The molecule has 1 aliphatic rings. The van der Waals surface area contributed by atoms with E-state index < -0.39 is 0 Å². The molecule has 0 radical (unpaired) electrons. The molecule has 0 saturated heterocycles. The van der Waals surface area contributed by atoms with Crippen molar-refractivity contribution in [2.45, 2.75) is 67.5 Å². The average molecular weight is 450 g/mol. The molecule has 1 N–H and O–H groups in total. The fraction of sp³-hybridized carbons (Fsp3) is 0.312. The van der Waals surface area contributed by atoms with Crippen LogP contribution in [0.5, 0.6) is 0 Å². The minimum absolute atomic E-state index is 0.233. The van der Waals surface area contributed by atoms with Gasteiger partial charge >= 0.3 is 0 Å². The van der Waals surface area contributed by atoms with E-state index in [1.807, 2.05) is 0 Å². The van der Waals surface area contributed by atoms with E-state index in [0.29, 0.717) is 0 Å². The van der Waals surface area contributed by atoms with Crippen molar-refractivity contribution in [3.63, 3.8) is 0 Å². The van der Waals surface area contributed by atoms with Gasteiger partial charge in [0.15, 0.2) is 0 Å². The van der Waals surface area contributed by atoms with Gasteiger partial charge in [-0.05, 0) is 122 Å². The zero-order valence-electron chi connectivity index (χ0n) is 21.7. The van der Waals surface area contributed by atoms with Crippen LogP contribution < -0.4 is 0 Å². The molecule has 1 heterocycles. The number of hydroxylamine groups is 2. The van der Waals surface area contributed by atoms with Crippen LogP contribution in [-0.4, -0.2) is 10.3 Å². The Morgan fingerprint density at radius 1 is 0.500 bits per heavy atom. The van der Waals surface area contributed by atoms with Crippen LogP contribution in [0.3, 0.4) is 0 Å². The molecule has 2 atom stereocenters. The summed E-state index contributed by atoms with van der Waals surface area (Å²) in [7, 11) is 0. The van der Waals surface area contributed by atoms with Crippen LogP contribution in [-0.2, 0) is 0 Å². The van der Waals surface area contributed by atoms with Gasteiger partial charge in [-0.3, -0.25) is 0 Å². The lowest BCUT2D eigenvalue weighted by Gasteiger charge is -2.43. The fourth-order valence-corrected chi connectivity index (χ4v) is 6.60. The Balaban J connectivity index is 1.95. The van der Waals surface area contributed by atoms with Crippen LogP contribution >= 0.6 is 0 Å². The maximum absolute atomic E-state index is 12.3. The molecular formula is C32H35NO. The number of aryl methyl sites for hydroxylation is 8. The minimum atomic E-state index is -0.233. The lowest BCUT2D eigenvalue weighted by Crippen LogP contribution is -2.37. The van der Waals surface area contributed by atoms with E-state index in [-0.39, 0.29) is 12.1 Å². The largest absolute Gasteiger partial charge is 0.312 e. The fourth-order valence-electron chi connectivity index (χ4n) is 6.60. The van der Waals surface area contributed by atoms with E-state index in [1.54, 1.807) is 5.06 Å². The summed E-state index contributed by atoms with van der Waals surface area (Å²) in [6.45, 7) is 17.4. The van der Waals surface area contributed by atoms with Gasteiger partial charge in [0.25, 0.3) is 0 Å². The number of hydrogen-bond donors (Lipinski definition) is 1. The van der Waals surface area contributed by atoms with Crippen molar-refractivity contribution in [2.24, 2.45) is 0 Å². The van der Waals surface area contributed by atoms with Crippen molar-refractivity contribution in [1.82, 2.24) is 5.06 Å². The summed E-state index contributed by atoms with van der Waals surface area (Å²) in [5.74, 6) is 0. The summed E-state index contributed by atoms with van der Waals surface area (Å²) in [5, 5.41) is 16.5. The maximum atomic E-state index is 12.3. The molecule has 0 unspecified atom stereocenters. The van der Waals surface area contributed by atoms with E-state index in [2.05, 4.69) is 104 Å². The Labute approximate surface area is 203 Å². The van der Waals surface area contributed by atoms with E-state index in [0.717, 1.165) is 0 Å². The Bertz CT molecular complexity index is 1310. The zero-order valence-corrected chi connectivity index (χ0v) is 21.7. The highest BCUT2D eigenvalue weighted by atomic mass is 16.5. The molecule has 1 aliphatic heterocycles. The van der Waals surface area contributed by atoms with Gasteiger partial charge in [-0.15, -0.1) is 0 Å². The van der Waals surface area contributed by atoms with Crippen molar-refractivity contribution in [3.05, 3.63) is 115 Å². The van der Waals surface area contributed by atoms with Gasteiger partial charge in [-0.25, -0.2) is 0 Å². The van der Waals surface area contributed by atoms with E-state index in [1.165, 1.54) is 77.5 Å². The molecule has 5 rings (SSSR count). The van der Waals surface area contributed by atoms with Gasteiger partial charge in [0.2, 0.25) is 0 Å². The predicted octanol–water partition coefficient (Wildman–Crippen LogP) is 8.19. The summed E-state index contributed by atoms with van der Waals surface area (Å²) >= 11 is 0. The Morgan fingerprint density at radius 2 is 0.853 bits per heavy atom. The van der Waals surface area contributed by atoms with Crippen LogP contribution in [0.4, 0.5) is 0 Å². The summed E-state index contributed by atoms with van der Waals surface area (Å²) in [5.41, 5.74) is 14.7. The second-order valence-corrected chi connectivity index (χ2v) is 10.5. The molecule has 2 heteroatoms. The number of hydrogen-bond acceptors (Lipinski definition) is 2. The number of nitrogens with zero attached hydrogens (tertiary/aromatic N) is 1. The van der Waals surface area contributed by atoms with Crippen molar-refractivity contribution in [1.29, 1.82) is 0 Å². The zero-order chi connectivity index (χ0) is 24.5. The van der Waals surface area contributed by atoms with E-state index in [9.17, 15) is 5.21 Å². The highest BCUT2D eigenvalue weighted by molar-refractivity contribution is 5.93. The third-order valence-electron chi connectivity index (χ3n) is 7.80. The average Bonchev–Trinajstić information content (AvgIpc) is 2.73. The highest BCUT2D eigenvalue weighted by Crippen LogP contribution is 2.51. The summed E-state index contributed by atoms with van der Waals surface area (Å²) in [4.78, 5) is 0. The molecule has 0 amide bonds. The minimum Gasteiger partial charge on any atom is -0.312 e. The molecule has 174 valence electrons. The van der Waals surface area contributed by atoms with Crippen LogP contribution in [0.15, 0.2) is 48.5 Å². The summed E-state index contributed by atoms with van der Waals surface area (Å²) in [6.07, 6.45) is 0.